The molecule has 1 saturated carbocycles. The maximum atomic E-state index is 3.69. The first kappa shape index (κ1) is 13.3. The second-order valence-electron chi connectivity index (χ2n) is 6.48. The molecule has 3 heteroatoms. The average molecular weight is 268 g/mol. The molecular weight excluding hydrogens is 240 g/mol. The Kier molecular flexibility index (Phi) is 4.53. The van der Waals surface area contributed by atoms with Crippen molar-refractivity contribution in [2.24, 2.45) is 5.92 Å². The highest BCUT2D eigenvalue weighted by Crippen LogP contribution is 2.34. The van der Waals surface area contributed by atoms with Crippen LogP contribution in [-0.2, 0) is 0 Å². The van der Waals surface area contributed by atoms with Gasteiger partial charge < -0.3 is 5.32 Å². The number of thioether (sulfide) groups is 1. The first-order valence-corrected chi connectivity index (χ1v) is 8.97. The van der Waals surface area contributed by atoms with E-state index < -0.39 is 0 Å². The summed E-state index contributed by atoms with van der Waals surface area (Å²) in [5.41, 5.74) is 0. The van der Waals surface area contributed by atoms with E-state index in [0.29, 0.717) is 0 Å². The molecule has 3 atom stereocenters. The number of rotatable bonds is 5. The van der Waals surface area contributed by atoms with Gasteiger partial charge in [0.2, 0.25) is 0 Å². The van der Waals surface area contributed by atoms with Crippen molar-refractivity contribution in [1.82, 2.24) is 10.2 Å². The summed E-state index contributed by atoms with van der Waals surface area (Å²) in [7, 11) is 0. The van der Waals surface area contributed by atoms with Crippen molar-refractivity contribution in [3.63, 3.8) is 0 Å². The molecule has 3 unspecified atom stereocenters. The molecule has 2 aliphatic heterocycles. The topological polar surface area (TPSA) is 15.3 Å². The Labute approximate surface area is 116 Å². The van der Waals surface area contributed by atoms with Crippen LogP contribution < -0.4 is 5.32 Å². The Morgan fingerprint density at radius 1 is 1.11 bits per heavy atom. The number of nitrogens with one attached hydrogen (secondary N) is 1. The van der Waals surface area contributed by atoms with E-state index >= 15 is 0 Å². The molecule has 0 bridgehead atoms. The molecule has 0 amide bonds. The Morgan fingerprint density at radius 3 is 2.67 bits per heavy atom. The molecule has 3 fully saturated rings. The van der Waals surface area contributed by atoms with E-state index in [9.17, 15) is 0 Å². The molecule has 0 aromatic carbocycles. The maximum Gasteiger partial charge on any atom is 0.0213 e. The fourth-order valence-corrected chi connectivity index (χ4v) is 4.80. The van der Waals surface area contributed by atoms with E-state index in [0.717, 1.165) is 23.3 Å². The third-order valence-corrected chi connectivity index (χ3v) is 6.21. The van der Waals surface area contributed by atoms with Crippen molar-refractivity contribution < 1.29 is 0 Å². The molecule has 1 N–H and O–H groups in total. The van der Waals surface area contributed by atoms with E-state index in [1.165, 1.54) is 63.9 Å². The highest BCUT2D eigenvalue weighted by Gasteiger charge is 2.33. The minimum absolute atomic E-state index is 0.780. The van der Waals surface area contributed by atoms with Crippen molar-refractivity contribution in [2.45, 2.75) is 62.8 Å². The van der Waals surface area contributed by atoms with E-state index in [1.807, 2.05) is 0 Å². The van der Waals surface area contributed by atoms with Crippen molar-refractivity contribution in [2.75, 3.05) is 25.4 Å². The van der Waals surface area contributed by atoms with Crippen molar-refractivity contribution in [3.8, 4) is 0 Å². The zero-order chi connectivity index (χ0) is 12.4. The van der Waals surface area contributed by atoms with Crippen molar-refractivity contribution in [1.29, 1.82) is 0 Å². The first-order chi connectivity index (χ1) is 8.83. The lowest BCUT2D eigenvalue weighted by Crippen LogP contribution is -2.49. The van der Waals surface area contributed by atoms with Crippen LogP contribution in [0.3, 0.4) is 0 Å². The smallest absolute Gasteiger partial charge is 0.0213 e. The van der Waals surface area contributed by atoms with Crippen molar-refractivity contribution >= 4 is 11.8 Å². The Balaban J connectivity index is 1.59. The standard InChI is InChI=1S/C15H28N2S/c1-12-15(5-3-9-18-12)17(10-13-6-7-13)11-14-4-2-8-16-14/h12-16H,2-11H2,1H3. The summed E-state index contributed by atoms with van der Waals surface area (Å²) >= 11 is 2.20. The van der Waals surface area contributed by atoms with E-state index in [4.69, 9.17) is 0 Å². The van der Waals surface area contributed by atoms with Gasteiger partial charge in [-0.1, -0.05) is 6.92 Å². The summed E-state index contributed by atoms with van der Waals surface area (Å²) in [6, 6.07) is 1.63. The van der Waals surface area contributed by atoms with Gasteiger partial charge >= 0.3 is 0 Å². The normalized spacial score (nSPS) is 37.3. The van der Waals surface area contributed by atoms with Gasteiger partial charge in [0.15, 0.2) is 0 Å². The summed E-state index contributed by atoms with van der Waals surface area (Å²) in [5, 5.41) is 4.53. The van der Waals surface area contributed by atoms with Gasteiger partial charge in [-0.15, -0.1) is 0 Å². The lowest BCUT2D eigenvalue weighted by molar-refractivity contribution is 0.160. The molecule has 1 aliphatic carbocycles. The number of hydrogen-bond donors (Lipinski definition) is 1. The molecular formula is C15H28N2S. The van der Waals surface area contributed by atoms with Crippen LogP contribution in [0.2, 0.25) is 0 Å². The van der Waals surface area contributed by atoms with Crippen LogP contribution in [0.15, 0.2) is 0 Å². The van der Waals surface area contributed by atoms with Crippen LogP contribution in [0.4, 0.5) is 0 Å². The zero-order valence-corrected chi connectivity index (χ0v) is 12.6. The molecule has 0 aromatic rings. The van der Waals surface area contributed by atoms with Gasteiger partial charge in [0.05, 0.1) is 0 Å². The first-order valence-electron chi connectivity index (χ1n) is 7.92. The summed E-state index contributed by atoms with van der Waals surface area (Å²) in [5.74, 6) is 2.42. The molecule has 0 aromatic heterocycles. The summed E-state index contributed by atoms with van der Waals surface area (Å²) in [4.78, 5) is 2.86. The second kappa shape index (κ2) is 6.15. The minimum Gasteiger partial charge on any atom is -0.313 e. The predicted octanol–water partition coefficient (Wildman–Crippen LogP) is 2.73. The fourth-order valence-electron chi connectivity index (χ4n) is 3.56. The van der Waals surface area contributed by atoms with Crippen LogP contribution in [0.1, 0.15) is 45.4 Å². The van der Waals surface area contributed by atoms with Gasteiger partial charge in [0.1, 0.15) is 0 Å². The molecule has 18 heavy (non-hydrogen) atoms. The Morgan fingerprint density at radius 2 is 2.00 bits per heavy atom. The van der Waals surface area contributed by atoms with Crippen LogP contribution in [0.25, 0.3) is 0 Å². The molecule has 0 radical (unpaired) electrons. The molecule has 0 spiro atoms. The Bertz CT molecular complexity index is 261. The lowest BCUT2D eigenvalue weighted by atomic mass is 10.0. The van der Waals surface area contributed by atoms with Gasteiger partial charge in [-0.2, -0.15) is 11.8 Å². The third-order valence-electron chi connectivity index (χ3n) is 4.84. The summed E-state index contributed by atoms with van der Waals surface area (Å²) in [6.45, 7) is 6.40. The molecule has 2 saturated heterocycles. The Hall–Kier alpha value is 0.270. The van der Waals surface area contributed by atoms with Crippen LogP contribution in [-0.4, -0.2) is 47.6 Å². The molecule has 104 valence electrons. The largest absolute Gasteiger partial charge is 0.313 e. The average Bonchev–Trinajstić information content (AvgIpc) is 3.03. The molecule has 2 heterocycles. The van der Waals surface area contributed by atoms with Gasteiger partial charge in [-0.05, 0) is 56.7 Å². The molecule has 3 rings (SSSR count). The van der Waals surface area contributed by atoms with Crippen LogP contribution >= 0.6 is 11.8 Å². The SMILES string of the molecule is CC1SCCCC1N(CC1CC1)CC1CCCN1. The van der Waals surface area contributed by atoms with Gasteiger partial charge in [-0.3, -0.25) is 4.90 Å². The van der Waals surface area contributed by atoms with E-state index in [1.54, 1.807) is 0 Å². The number of hydrogen-bond acceptors (Lipinski definition) is 3. The zero-order valence-electron chi connectivity index (χ0n) is 11.7. The third kappa shape index (κ3) is 3.43. The van der Waals surface area contributed by atoms with Crippen LogP contribution in [0, 0.1) is 5.92 Å². The summed E-state index contributed by atoms with van der Waals surface area (Å²) < 4.78 is 0. The fraction of sp³-hybridized carbons (Fsp3) is 1.00. The van der Waals surface area contributed by atoms with Gasteiger partial charge in [-0.25, -0.2) is 0 Å². The monoisotopic (exact) mass is 268 g/mol. The highest BCUT2D eigenvalue weighted by atomic mass is 32.2. The van der Waals surface area contributed by atoms with Crippen LogP contribution in [0.5, 0.6) is 0 Å². The van der Waals surface area contributed by atoms with Gasteiger partial charge in [0.25, 0.3) is 0 Å². The number of nitrogens with zero attached hydrogens (tertiary/aromatic N) is 1. The predicted molar refractivity (Wildman–Crippen MR) is 80.3 cm³/mol. The van der Waals surface area contributed by atoms with Gasteiger partial charge in [0, 0.05) is 30.4 Å². The summed E-state index contributed by atoms with van der Waals surface area (Å²) in [6.07, 6.45) is 8.63. The maximum absolute atomic E-state index is 3.69. The minimum atomic E-state index is 0.780. The van der Waals surface area contributed by atoms with Crippen molar-refractivity contribution in [3.05, 3.63) is 0 Å². The molecule has 2 nitrogen and oxygen atoms in total. The lowest BCUT2D eigenvalue weighted by Gasteiger charge is -2.39. The van der Waals surface area contributed by atoms with E-state index in [-0.39, 0.29) is 0 Å². The molecule has 3 aliphatic rings. The highest BCUT2D eigenvalue weighted by molar-refractivity contribution is 7.99. The quantitative estimate of drug-likeness (QED) is 0.825. The second-order valence-corrected chi connectivity index (χ2v) is 7.96. The van der Waals surface area contributed by atoms with E-state index in [2.05, 4.69) is 28.9 Å².